The molecule has 6 nitrogen and oxygen atoms in total. The van der Waals surface area contributed by atoms with Gasteiger partial charge in [-0.15, -0.1) is 0 Å². The average molecular weight is 817 g/mol. The molecule has 0 atom stereocenters. The fraction of sp³-hybridized carbons (Fsp3) is 0.630. The lowest BCUT2D eigenvalue weighted by Gasteiger charge is -2.36. The summed E-state index contributed by atoms with van der Waals surface area (Å²) in [5.41, 5.74) is 12.8. The largest absolute Gasteiger partial charge is 0.507 e. The minimum Gasteiger partial charge on any atom is -0.507 e. The van der Waals surface area contributed by atoms with Crippen molar-refractivity contribution >= 4 is 0 Å². The van der Waals surface area contributed by atoms with Gasteiger partial charge in [-0.2, -0.15) is 0 Å². The van der Waals surface area contributed by atoms with Gasteiger partial charge in [0.15, 0.2) is 0 Å². The Balaban J connectivity index is 2.05. The molecule has 0 spiro atoms. The SMILES string of the molecule is CCCCc1nc2c(nc1CCCC)C(c1cc(C(C)(C)C)c(O)c(C(C)(C)C)c1)c1nc(CCCC)c(CCCC)nc1C2c1cc(C(C)(C)C)c(O)c(C(C)(C)C)c1. The van der Waals surface area contributed by atoms with Crippen molar-refractivity contribution in [2.24, 2.45) is 0 Å². The molecule has 2 aromatic heterocycles. The Bertz CT molecular complexity index is 1840. The molecule has 0 saturated heterocycles. The minimum absolute atomic E-state index is 0.314. The van der Waals surface area contributed by atoms with Crippen LogP contribution in [0.4, 0.5) is 0 Å². The number of phenolic OH excluding ortho intramolecular Hbond substituents is 2. The van der Waals surface area contributed by atoms with Gasteiger partial charge in [0.25, 0.3) is 0 Å². The Morgan fingerprint density at radius 2 is 0.583 bits per heavy atom. The van der Waals surface area contributed by atoms with Crippen LogP contribution in [-0.2, 0) is 47.3 Å². The summed E-state index contributed by atoms with van der Waals surface area (Å²) in [5, 5.41) is 24.0. The zero-order chi connectivity index (χ0) is 44.5. The van der Waals surface area contributed by atoms with Gasteiger partial charge in [0.05, 0.1) is 57.4 Å². The average Bonchev–Trinajstić information content (AvgIpc) is 3.15. The molecule has 0 fully saturated rings. The smallest absolute Gasteiger partial charge is 0.123 e. The fourth-order valence-electron chi connectivity index (χ4n) is 8.92. The Kier molecular flexibility index (Phi) is 14.4. The summed E-state index contributed by atoms with van der Waals surface area (Å²) in [6.45, 7) is 35.2. The molecule has 4 aromatic rings. The molecule has 1 aliphatic rings. The van der Waals surface area contributed by atoms with Gasteiger partial charge in [0.1, 0.15) is 11.5 Å². The van der Waals surface area contributed by atoms with Crippen LogP contribution in [0.5, 0.6) is 11.5 Å². The fourth-order valence-corrected chi connectivity index (χ4v) is 8.92. The molecule has 2 N–H and O–H groups in total. The molecule has 2 heterocycles. The second kappa shape index (κ2) is 18.3. The van der Waals surface area contributed by atoms with Gasteiger partial charge in [0, 0.05) is 0 Å². The number of benzene rings is 2. The first-order chi connectivity index (χ1) is 28.0. The van der Waals surface area contributed by atoms with Crippen LogP contribution < -0.4 is 0 Å². The van der Waals surface area contributed by atoms with E-state index in [-0.39, 0.29) is 33.5 Å². The van der Waals surface area contributed by atoms with Crippen molar-refractivity contribution in [1.29, 1.82) is 0 Å². The summed E-state index contributed by atoms with van der Waals surface area (Å²) in [5.74, 6) is 0.0689. The summed E-state index contributed by atoms with van der Waals surface area (Å²) >= 11 is 0. The summed E-state index contributed by atoms with van der Waals surface area (Å²) < 4.78 is 0. The van der Waals surface area contributed by atoms with Crippen LogP contribution in [0, 0.1) is 0 Å². The number of unbranched alkanes of at least 4 members (excludes halogenated alkanes) is 4. The van der Waals surface area contributed by atoms with Crippen LogP contribution >= 0.6 is 0 Å². The minimum atomic E-state index is -0.337. The van der Waals surface area contributed by atoms with E-state index in [9.17, 15) is 10.2 Å². The van der Waals surface area contributed by atoms with E-state index >= 15 is 0 Å². The molecule has 2 aromatic carbocycles. The lowest BCUT2D eigenvalue weighted by atomic mass is 9.71. The van der Waals surface area contributed by atoms with Gasteiger partial charge in [-0.05, 0) is 106 Å². The topological polar surface area (TPSA) is 92.0 Å². The zero-order valence-corrected chi connectivity index (χ0v) is 40.6. The molecule has 6 heteroatoms. The second-order valence-electron chi connectivity index (χ2n) is 22.0. The highest BCUT2D eigenvalue weighted by Gasteiger charge is 2.43. The highest BCUT2D eigenvalue weighted by molar-refractivity contribution is 5.61. The van der Waals surface area contributed by atoms with Crippen molar-refractivity contribution in [2.45, 2.75) is 221 Å². The van der Waals surface area contributed by atoms with Crippen LogP contribution in [0.15, 0.2) is 24.3 Å². The number of rotatable bonds is 14. The number of fused-ring (bicyclic) bond motifs is 2. The van der Waals surface area contributed by atoms with E-state index in [1.807, 2.05) is 0 Å². The Hall–Kier alpha value is -3.80. The molecule has 0 unspecified atom stereocenters. The first-order valence-electron chi connectivity index (χ1n) is 23.5. The van der Waals surface area contributed by atoms with E-state index in [1.54, 1.807) is 0 Å². The summed E-state index contributed by atoms with van der Waals surface area (Å²) in [6.07, 6.45) is 12.0. The molecule has 5 rings (SSSR count). The predicted octanol–water partition coefficient (Wildman–Crippen LogP) is 13.9. The molecule has 0 amide bonds. The number of nitrogens with zero attached hydrogens (tertiary/aromatic N) is 4. The van der Waals surface area contributed by atoms with E-state index in [0.29, 0.717) is 11.5 Å². The van der Waals surface area contributed by atoms with Crippen molar-refractivity contribution in [3.63, 3.8) is 0 Å². The molecule has 60 heavy (non-hydrogen) atoms. The van der Waals surface area contributed by atoms with Gasteiger partial charge >= 0.3 is 0 Å². The number of hydrogen-bond acceptors (Lipinski definition) is 6. The summed E-state index contributed by atoms with van der Waals surface area (Å²) in [7, 11) is 0. The first kappa shape index (κ1) is 47.3. The zero-order valence-electron chi connectivity index (χ0n) is 40.6. The van der Waals surface area contributed by atoms with Gasteiger partial charge in [0.2, 0.25) is 0 Å². The van der Waals surface area contributed by atoms with E-state index < -0.39 is 0 Å². The van der Waals surface area contributed by atoms with E-state index in [4.69, 9.17) is 19.9 Å². The van der Waals surface area contributed by atoms with Gasteiger partial charge in [-0.1, -0.05) is 161 Å². The lowest BCUT2D eigenvalue weighted by Crippen LogP contribution is -2.29. The maximum absolute atomic E-state index is 12.0. The Labute approximate surface area is 364 Å². The van der Waals surface area contributed by atoms with E-state index in [1.165, 1.54) is 0 Å². The Morgan fingerprint density at radius 1 is 0.383 bits per heavy atom. The molecular formula is C54H80N4O2. The van der Waals surface area contributed by atoms with Crippen LogP contribution in [0.1, 0.15) is 253 Å². The van der Waals surface area contributed by atoms with Gasteiger partial charge < -0.3 is 10.2 Å². The third kappa shape index (κ3) is 9.94. The third-order valence-electron chi connectivity index (χ3n) is 12.5. The Morgan fingerprint density at radius 3 is 0.750 bits per heavy atom. The van der Waals surface area contributed by atoms with Crippen molar-refractivity contribution in [2.75, 3.05) is 0 Å². The monoisotopic (exact) mass is 817 g/mol. The summed E-state index contributed by atoms with van der Waals surface area (Å²) in [6, 6.07) is 8.93. The molecular weight excluding hydrogens is 737 g/mol. The molecule has 0 bridgehead atoms. The van der Waals surface area contributed by atoms with Gasteiger partial charge in [-0.3, -0.25) is 19.9 Å². The van der Waals surface area contributed by atoms with Gasteiger partial charge in [-0.25, -0.2) is 0 Å². The molecule has 0 aliphatic heterocycles. The lowest BCUT2D eigenvalue weighted by molar-refractivity contribution is 0.421. The van der Waals surface area contributed by atoms with Crippen LogP contribution in [-0.4, -0.2) is 30.1 Å². The van der Waals surface area contributed by atoms with Crippen LogP contribution in [0.3, 0.4) is 0 Å². The number of hydrogen-bond donors (Lipinski definition) is 2. The third-order valence-corrected chi connectivity index (χ3v) is 12.5. The first-order valence-corrected chi connectivity index (χ1v) is 23.5. The number of aryl methyl sites for hydroxylation is 4. The molecule has 0 saturated carbocycles. The molecule has 328 valence electrons. The number of aromatic nitrogens is 4. The molecule has 0 radical (unpaired) electrons. The molecule has 1 aliphatic carbocycles. The van der Waals surface area contributed by atoms with Crippen molar-refractivity contribution in [3.05, 3.63) is 103 Å². The van der Waals surface area contributed by atoms with Crippen molar-refractivity contribution < 1.29 is 10.2 Å². The number of phenols is 2. The highest BCUT2D eigenvalue weighted by atomic mass is 16.3. The normalized spacial score (nSPS) is 15.9. The second-order valence-corrected chi connectivity index (χ2v) is 22.0. The van der Waals surface area contributed by atoms with E-state index in [2.05, 4.69) is 135 Å². The summed E-state index contributed by atoms with van der Waals surface area (Å²) in [4.78, 5) is 23.3. The van der Waals surface area contributed by atoms with Crippen molar-refractivity contribution in [1.82, 2.24) is 19.9 Å². The van der Waals surface area contributed by atoms with E-state index in [0.717, 1.165) is 156 Å². The predicted molar refractivity (Wildman–Crippen MR) is 251 cm³/mol. The highest BCUT2D eigenvalue weighted by Crippen LogP contribution is 2.51. The number of aromatic hydroxyl groups is 2. The quantitative estimate of drug-likeness (QED) is 0.116. The van der Waals surface area contributed by atoms with Crippen molar-refractivity contribution in [3.8, 4) is 11.5 Å². The maximum Gasteiger partial charge on any atom is 0.123 e. The van der Waals surface area contributed by atoms with Crippen LogP contribution in [0.25, 0.3) is 0 Å². The maximum atomic E-state index is 12.0. The standard InChI is InChI=1S/C54H80N4O2/c1-17-21-25-39-40(26-22-18-2)56-46-44(34-31-37(53(11,12)13)50(60)38(32-34)54(14,15)16)48-47(57-41(27-23-19-3)42(58-48)28-24-20-4)43(45(46)55-39)33-29-35(51(5,6)7)49(59)36(30-33)52(8,9)10/h29-32,43-44,59-60H,17-28H2,1-16H3. The van der Waals surface area contributed by atoms with Crippen LogP contribution in [0.2, 0.25) is 0 Å².